The third kappa shape index (κ3) is 4.06. The maximum atomic E-state index is 2.49. The Kier molecular flexibility index (Phi) is 5.96. The van der Waals surface area contributed by atoms with Crippen molar-refractivity contribution < 1.29 is 0 Å². The minimum Gasteiger partial charge on any atom is -0.309 e. The molecular weight excluding hydrogens is 619 g/mol. The lowest BCUT2D eigenvalue weighted by atomic mass is 10.1. The summed E-state index contributed by atoms with van der Waals surface area (Å²) in [6, 6.07) is 68.4. The molecule has 0 bridgehead atoms. The van der Waals surface area contributed by atoms with Gasteiger partial charge in [-0.2, -0.15) is 0 Å². The Balaban J connectivity index is 1.29. The highest BCUT2D eigenvalue weighted by Crippen LogP contribution is 2.44. The van der Waals surface area contributed by atoms with Crippen LogP contribution in [0.4, 0.5) is 0 Å². The Labute approximate surface area is 294 Å². The minimum atomic E-state index is 1.14. The van der Waals surface area contributed by atoms with Gasteiger partial charge in [0, 0.05) is 49.4 Å². The van der Waals surface area contributed by atoms with Crippen LogP contribution in [0.3, 0.4) is 0 Å². The minimum absolute atomic E-state index is 1.14. The number of aromatic nitrogens is 3. The molecule has 0 amide bonds. The maximum absolute atomic E-state index is 2.49. The van der Waals surface area contributed by atoms with Gasteiger partial charge in [-0.1, -0.05) is 127 Å². The van der Waals surface area contributed by atoms with Crippen LogP contribution in [0, 0.1) is 0 Å². The third-order valence-corrected chi connectivity index (χ3v) is 10.6. The third-order valence-electron chi connectivity index (χ3n) is 10.6. The molecule has 3 aromatic heterocycles. The zero-order valence-electron chi connectivity index (χ0n) is 27.7. The lowest BCUT2D eigenvalue weighted by Gasteiger charge is -2.13. The van der Waals surface area contributed by atoms with Crippen molar-refractivity contribution in [2.24, 2.45) is 0 Å². The van der Waals surface area contributed by atoms with Crippen molar-refractivity contribution in [2.75, 3.05) is 0 Å². The Bertz CT molecular complexity index is 3090. The van der Waals surface area contributed by atoms with Crippen LogP contribution in [-0.2, 0) is 0 Å². The van der Waals surface area contributed by atoms with E-state index in [1.54, 1.807) is 0 Å². The second kappa shape index (κ2) is 10.8. The normalized spacial score (nSPS) is 11.9. The summed E-state index contributed by atoms with van der Waals surface area (Å²) in [5.41, 5.74) is 13.1. The molecule has 0 aliphatic heterocycles. The second-order valence-corrected chi connectivity index (χ2v) is 13.4. The maximum Gasteiger partial charge on any atom is 0.0788 e. The SMILES string of the molecule is c1ccc(-c2ccc(-n3c4ccccc4c4cc5c6ccc7c8ccccc8n(-c8ccccc8)c7c6n(-c6ccccc6)c5cc43)cc2)cc1. The van der Waals surface area contributed by atoms with Gasteiger partial charge in [-0.05, 0) is 71.8 Å². The average molecular weight is 650 g/mol. The molecule has 0 aliphatic carbocycles. The van der Waals surface area contributed by atoms with E-state index in [0.717, 1.165) is 17.1 Å². The van der Waals surface area contributed by atoms with Crippen LogP contribution in [-0.4, -0.2) is 13.7 Å². The van der Waals surface area contributed by atoms with E-state index in [1.165, 1.54) is 76.5 Å². The van der Waals surface area contributed by atoms with Crippen LogP contribution in [0.5, 0.6) is 0 Å². The zero-order chi connectivity index (χ0) is 33.5. The average Bonchev–Trinajstić information content (AvgIpc) is 3.83. The first-order valence-electron chi connectivity index (χ1n) is 17.5. The molecule has 0 atom stereocenters. The van der Waals surface area contributed by atoms with Gasteiger partial charge in [0.1, 0.15) is 0 Å². The second-order valence-electron chi connectivity index (χ2n) is 13.4. The summed E-state index contributed by atoms with van der Waals surface area (Å²) in [4.78, 5) is 0. The molecule has 11 aromatic rings. The number of hydrogen-bond acceptors (Lipinski definition) is 0. The molecule has 0 spiro atoms. The number of para-hydroxylation sites is 4. The van der Waals surface area contributed by atoms with Crippen molar-refractivity contribution >= 4 is 65.4 Å². The molecule has 8 aromatic carbocycles. The number of rotatable bonds is 4. The summed E-state index contributed by atoms with van der Waals surface area (Å²) < 4.78 is 7.38. The summed E-state index contributed by atoms with van der Waals surface area (Å²) in [7, 11) is 0. The lowest BCUT2D eigenvalue weighted by molar-refractivity contribution is 1.15. The van der Waals surface area contributed by atoms with Gasteiger partial charge >= 0.3 is 0 Å². The van der Waals surface area contributed by atoms with E-state index < -0.39 is 0 Å². The topological polar surface area (TPSA) is 14.8 Å². The van der Waals surface area contributed by atoms with E-state index in [0.29, 0.717) is 0 Å². The molecule has 3 heteroatoms. The Morgan fingerprint density at radius 1 is 0.235 bits per heavy atom. The Hall–Kier alpha value is -6.84. The molecule has 0 aliphatic rings. The van der Waals surface area contributed by atoms with E-state index in [9.17, 15) is 0 Å². The first-order chi connectivity index (χ1) is 25.3. The molecule has 3 nitrogen and oxygen atoms in total. The predicted octanol–water partition coefficient (Wildman–Crippen LogP) is 12.6. The highest BCUT2D eigenvalue weighted by molar-refractivity contribution is 6.26. The molecular formula is C48H31N3. The summed E-state index contributed by atoms with van der Waals surface area (Å²) in [5, 5.41) is 7.50. The van der Waals surface area contributed by atoms with Gasteiger partial charge in [0.05, 0.1) is 33.1 Å². The first kappa shape index (κ1) is 28.0. The van der Waals surface area contributed by atoms with Crippen LogP contribution in [0.2, 0.25) is 0 Å². The van der Waals surface area contributed by atoms with Crippen LogP contribution in [0.15, 0.2) is 188 Å². The quantitative estimate of drug-likeness (QED) is 0.180. The monoisotopic (exact) mass is 649 g/mol. The number of hydrogen-bond donors (Lipinski definition) is 0. The Morgan fingerprint density at radius 2 is 0.647 bits per heavy atom. The lowest BCUT2D eigenvalue weighted by Crippen LogP contribution is -1.98. The van der Waals surface area contributed by atoms with Crippen molar-refractivity contribution in [3.05, 3.63) is 188 Å². The summed E-state index contributed by atoms with van der Waals surface area (Å²) in [6.45, 7) is 0. The molecule has 0 N–H and O–H groups in total. The van der Waals surface area contributed by atoms with Gasteiger partial charge in [0.2, 0.25) is 0 Å². The fourth-order valence-corrected chi connectivity index (χ4v) is 8.41. The van der Waals surface area contributed by atoms with Crippen molar-refractivity contribution in [2.45, 2.75) is 0 Å². The largest absolute Gasteiger partial charge is 0.309 e. The first-order valence-corrected chi connectivity index (χ1v) is 17.5. The highest BCUT2D eigenvalue weighted by atomic mass is 15.0. The molecule has 11 rings (SSSR count). The van der Waals surface area contributed by atoms with E-state index in [2.05, 4.69) is 202 Å². The molecule has 0 saturated carbocycles. The molecule has 0 radical (unpaired) electrons. The van der Waals surface area contributed by atoms with Crippen LogP contribution >= 0.6 is 0 Å². The predicted molar refractivity (Wildman–Crippen MR) is 215 cm³/mol. The molecule has 3 heterocycles. The van der Waals surface area contributed by atoms with Crippen LogP contribution < -0.4 is 0 Å². The molecule has 51 heavy (non-hydrogen) atoms. The summed E-state index contributed by atoms with van der Waals surface area (Å²) in [6.07, 6.45) is 0. The van der Waals surface area contributed by atoms with Crippen molar-refractivity contribution in [3.63, 3.8) is 0 Å². The van der Waals surface area contributed by atoms with Crippen molar-refractivity contribution in [1.82, 2.24) is 13.7 Å². The number of benzene rings is 8. The van der Waals surface area contributed by atoms with Gasteiger partial charge in [-0.3, -0.25) is 0 Å². The number of nitrogens with zero attached hydrogens (tertiary/aromatic N) is 3. The van der Waals surface area contributed by atoms with E-state index in [4.69, 9.17) is 0 Å². The number of fused-ring (bicyclic) bond motifs is 10. The smallest absolute Gasteiger partial charge is 0.0788 e. The van der Waals surface area contributed by atoms with Crippen LogP contribution in [0.1, 0.15) is 0 Å². The molecule has 238 valence electrons. The Morgan fingerprint density at radius 3 is 1.27 bits per heavy atom. The van der Waals surface area contributed by atoms with Crippen molar-refractivity contribution in [3.8, 4) is 28.2 Å². The van der Waals surface area contributed by atoms with Gasteiger partial charge in [-0.25, -0.2) is 0 Å². The van der Waals surface area contributed by atoms with Gasteiger partial charge in [0.15, 0.2) is 0 Å². The molecule has 0 unspecified atom stereocenters. The fraction of sp³-hybridized carbons (Fsp3) is 0. The zero-order valence-corrected chi connectivity index (χ0v) is 27.7. The van der Waals surface area contributed by atoms with E-state index >= 15 is 0 Å². The summed E-state index contributed by atoms with van der Waals surface area (Å²) in [5.74, 6) is 0. The molecule has 0 fully saturated rings. The van der Waals surface area contributed by atoms with E-state index in [-0.39, 0.29) is 0 Å². The van der Waals surface area contributed by atoms with Gasteiger partial charge < -0.3 is 13.7 Å². The van der Waals surface area contributed by atoms with Crippen molar-refractivity contribution in [1.29, 1.82) is 0 Å². The standard InChI is InChI=1S/C48H31N3/c1-4-14-32(15-5-1)33-24-26-36(27-25-33)49-43-22-12-11-21-38(43)41-30-42-40-29-28-39-37-20-10-13-23-44(37)50(34-16-6-2-7-17-34)47(39)48(40)51(46(42)31-45(41)49)35-18-8-3-9-19-35/h1-31H. The summed E-state index contributed by atoms with van der Waals surface area (Å²) >= 11 is 0. The van der Waals surface area contributed by atoms with E-state index in [1.807, 2.05) is 0 Å². The van der Waals surface area contributed by atoms with Crippen LogP contribution in [0.25, 0.3) is 93.6 Å². The molecule has 0 saturated heterocycles. The fourth-order valence-electron chi connectivity index (χ4n) is 8.41. The van der Waals surface area contributed by atoms with Gasteiger partial charge in [0.25, 0.3) is 0 Å². The van der Waals surface area contributed by atoms with Gasteiger partial charge in [-0.15, -0.1) is 0 Å². The highest BCUT2D eigenvalue weighted by Gasteiger charge is 2.23.